The smallest absolute Gasteiger partial charge is 0.335 e. The molecule has 0 aromatic carbocycles. The molecule has 29 nitrogen and oxygen atoms in total. The Hall–Kier alpha value is -1.61. The van der Waals surface area contributed by atoms with E-state index >= 15 is 0 Å². The predicted octanol–water partition coefficient (Wildman–Crippen LogP) is -10.9. The average Bonchev–Trinajstić information content (AvgIpc) is 3.26. The quantitative estimate of drug-likeness (QED) is 0.0815. The minimum absolute atomic E-state index is 0.907. The lowest BCUT2D eigenvalue weighted by Crippen LogP contribution is -2.69. The minimum Gasteiger partial charge on any atom is -0.479 e. The number of carboxylic acid groups (broad SMARTS) is 1. The molecule has 6 heterocycles. The van der Waals surface area contributed by atoms with Crippen LogP contribution >= 0.6 is 0 Å². The van der Waals surface area contributed by atoms with E-state index in [9.17, 15) is 91.6 Å². The van der Waals surface area contributed by atoms with Gasteiger partial charge in [0.2, 0.25) is 0 Å². The van der Waals surface area contributed by atoms with Crippen LogP contribution in [0.25, 0.3) is 0 Å². The fraction of sp³-hybridized carbons (Fsp3) is 0.972. The summed E-state index contributed by atoms with van der Waals surface area (Å²) in [6.45, 7) is 2.00. The summed E-state index contributed by atoms with van der Waals surface area (Å²) in [6, 6.07) is 0. The number of hydrogen-bond donors (Lipinski definition) is 17. The Labute approximate surface area is 367 Å². The third-order valence-corrected chi connectivity index (χ3v) is 12.3. The van der Waals surface area contributed by atoms with Crippen molar-refractivity contribution < 1.29 is 144 Å². The van der Waals surface area contributed by atoms with Crippen molar-refractivity contribution in [1.82, 2.24) is 0 Å². The number of aliphatic hydroxyl groups excluding tert-OH is 16. The summed E-state index contributed by atoms with van der Waals surface area (Å²) in [5, 5.41) is 180. The monoisotopic (exact) mass is 956 g/mol. The molecule has 0 amide bonds. The number of aliphatic carboxylic acids is 1. The summed E-state index contributed by atoms with van der Waals surface area (Å²) in [5.74, 6) is -1.88. The highest BCUT2D eigenvalue weighted by atomic mass is 16.8. The number of carboxylic acids is 1. The van der Waals surface area contributed by atoms with Crippen molar-refractivity contribution in [3.8, 4) is 0 Å². The zero-order valence-corrected chi connectivity index (χ0v) is 34.7. The van der Waals surface area contributed by atoms with Crippen molar-refractivity contribution in [2.45, 2.75) is 205 Å². The SMILES string of the molecule is C[C@@H]1O[C@@H](O[C@@H]2[C@@H](O)[C@@H](O)[C@H](O[C@@H]3[C@@H](O)[C@H](O[C@@H]4[C@@H](O)[C@@H](O)[C@H](O)O[C@H]4C)O[C@H](CO)[C@H]3O[C@@H]3O[C@H](C(=O)O)[C@@H](O[C@@H]4O[C@H](CO)[C@@H](O)[C@H](O)[C@H]4O)[C@H](O)[C@H]3O)O[C@H]2C)[C@H](O)[C@H](O)[C@H]1O. The molecule has 6 aliphatic heterocycles. The van der Waals surface area contributed by atoms with Crippen molar-refractivity contribution in [2.75, 3.05) is 13.2 Å². The molecule has 29 heteroatoms. The Bertz CT molecular complexity index is 1530. The molecular formula is C36H60O29. The molecule has 6 rings (SSSR count). The summed E-state index contributed by atoms with van der Waals surface area (Å²) in [6.07, 6.45) is -56.1. The van der Waals surface area contributed by atoms with Gasteiger partial charge in [-0.25, -0.2) is 4.79 Å². The molecule has 0 aliphatic carbocycles. The van der Waals surface area contributed by atoms with Gasteiger partial charge in [-0.1, -0.05) is 0 Å². The summed E-state index contributed by atoms with van der Waals surface area (Å²) >= 11 is 0. The third-order valence-electron chi connectivity index (χ3n) is 12.3. The first-order valence-electron chi connectivity index (χ1n) is 20.7. The van der Waals surface area contributed by atoms with Gasteiger partial charge >= 0.3 is 5.97 Å². The minimum atomic E-state index is -2.33. The van der Waals surface area contributed by atoms with E-state index < -0.39 is 203 Å². The van der Waals surface area contributed by atoms with E-state index in [2.05, 4.69) is 0 Å². The van der Waals surface area contributed by atoms with Crippen LogP contribution in [-0.4, -0.2) is 290 Å². The van der Waals surface area contributed by atoms with E-state index in [4.69, 9.17) is 52.1 Å². The average molecular weight is 957 g/mol. The first-order chi connectivity index (χ1) is 30.5. The summed E-state index contributed by atoms with van der Waals surface area (Å²) in [5.41, 5.74) is 0. The normalized spacial score (nSPS) is 54.6. The molecule has 30 atom stereocenters. The van der Waals surface area contributed by atoms with Crippen molar-refractivity contribution in [2.24, 2.45) is 0 Å². The van der Waals surface area contributed by atoms with Crippen molar-refractivity contribution in [1.29, 1.82) is 0 Å². The lowest BCUT2D eigenvalue weighted by molar-refractivity contribution is -0.403. The molecule has 65 heavy (non-hydrogen) atoms. The van der Waals surface area contributed by atoms with Crippen molar-refractivity contribution >= 4 is 5.97 Å². The first-order valence-corrected chi connectivity index (χ1v) is 20.7. The summed E-state index contributed by atoms with van der Waals surface area (Å²) in [4.78, 5) is 12.5. The number of ether oxygens (including phenoxy) is 11. The maximum atomic E-state index is 12.5. The molecule has 0 unspecified atom stereocenters. The van der Waals surface area contributed by atoms with E-state index in [1.54, 1.807) is 0 Å². The van der Waals surface area contributed by atoms with Crippen LogP contribution in [0.2, 0.25) is 0 Å². The van der Waals surface area contributed by atoms with Gasteiger partial charge in [-0.05, 0) is 20.8 Å². The van der Waals surface area contributed by atoms with E-state index in [1.165, 1.54) is 20.8 Å². The Morgan fingerprint density at radius 3 is 1.31 bits per heavy atom. The summed E-state index contributed by atoms with van der Waals surface area (Å²) < 4.78 is 61.7. The first kappa shape index (κ1) is 52.8. The topological polar surface area (TPSA) is 463 Å². The second kappa shape index (κ2) is 21.6. The largest absolute Gasteiger partial charge is 0.479 e. The van der Waals surface area contributed by atoms with Gasteiger partial charge in [0.05, 0.1) is 31.5 Å². The van der Waals surface area contributed by atoms with Gasteiger partial charge < -0.3 is 139 Å². The lowest BCUT2D eigenvalue weighted by Gasteiger charge is -2.50. The van der Waals surface area contributed by atoms with Gasteiger partial charge in [0.1, 0.15) is 122 Å². The van der Waals surface area contributed by atoms with Gasteiger partial charge in [0, 0.05) is 0 Å². The number of rotatable bonds is 13. The molecule has 0 radical (unpaired) electrons. The third kappa shape index (κ3) is 10.6. The molecule has 6 saturated heterocycles. The van der Waals surface area contributed by atoms with E-state index in [0.717, 1.165) is 0 Å². The molecule has 6 fully saturated rings. The second-order valence-corrected chi connectivity index (χ2v) is 16.7. The summed E-state index contributed by atoms with van der Waals surface area (Å²) in [7, 11) is 0. The molecule has 17 N–H and O–H groups in total. The Balaban J connectivity index is 1.25. The number of aliphatic hydroxyl groups is 16. The van der Waals surface area contributed by atoms with Gasteiger partial charge in [-0.3, -0.25) is 0 Å². The van der Waals surface area contributed by atoms with E-state index in [-0.39, 0.29) is 0 Å². The fourth-order valence-corrected chi connectivity index (χ4v) is 8.37. The predicted molar refractivity (Wildman–Crippen MR) is 195 cm³/mol. The van der Waals surface area contributed by atoms with Crippen LogP contribution in [0.3, 0.4) is 0 Å². The number of carbonyl (C=O) groups is 1. The Morgan fingerprint density at radius 1 is 0.369 bits per heavy atom. The molecule has 0 aromatic heterocycles. The van der Waals surface area contributed by atoms with Gasteiger partial charge in [-0.15, -0.1) is 0 Å². The van der Waals surface area contributed by atoms with Crippen LogP contribution in [-0.2, 0) is 56.9 Å². The Kier molecular flexibility index (Phi) is 17.5. The lowest BCUT2D eigenvalue weighted by atomic mass is 9.95. The highest BCUT2D eigenvalue weighted by Gasteiger charge is 2.58. The van der Waals surface area contributed by atoms with Gasteiger partial charge in [0.15, 0.2) is 43.8 Å². The van der Waals surface area contributed by atoms with Crippen molar-refractivity contribution in [3.05, 3.63) is 0 Å². The zero-order valence-electron chi connectivity index (χ0n) is 34.7. The molecule has 0 saturated carbocycles. The fourth-order valence-electron chi connectivity index (χ4n) is 8.37. The van der Waals surface area contributed by atoms with E-state index in [0.29, 0.717) is 0 Å². The highest BCUT2D eigenvalue weighted by Crippen LogP contribution is 2.37. The Morgan fingerprint density at radius 2 is 0.754 bits per heavy atom. The van der Waals surface area contributed by atoms with Crippen LogP contribution < -0.4 is 0 Å². The maximum Gasteiger partial charge on any atom is 0.335 e. The molecule has 0 aromatic rings. The van der Waals surface area contributed by atoms with Crippen LogP contribution in [0.5, 0.6) is 0 Å². The standard InChI is InChI=1S/C36H60O29/c1-6-11(39)13(41)19(47)32(56-6)60-25-8(3)57-33(21(49)16(25)44)64-28-23(51)36(61-24-7(2)55-31(54)18(46)15(24)43)59-10(5-38)26(28)62-35-22(50)17(45)27(29(65-35)30(52)53)63-34-20(48)14(42)12(40)9(4-37)58-34/h6-29,31-51,54H,4-5H2,1-3H3,(H,52,53)/t6-,7-,8-,9+,10+,11-,12+,13+,14-,15-,16-,17+,18+,19+,20+,21+,22+,23+,24-,25-,26+,27-,28+,29-,31+,32-,33-,34-,35+,36-/m0/s1. The number of hydrogen-bond acceptors (Lipinski definition) is 28. The van der Waals surface area contributed by atoms with Gasteiger partial charge in [-0.2, -0.15) is 0 Å². The van der Waals surface area contributed by atoms with Crippen LogP contribution in [0.15, 0.2) is 0 Å². The van der Waals surface area contributed by atoms with E-state index in [1.807, 2.05) is 0 Å². The molecule has 6 aliphatic rings. The van der Waals surface area contributed by atoms with Crippen LogP contribution in [0.1, 0.15) is 20.8 Å². The molecule has 0 bridgehead atoms. The van der Waals surface area contributed by atoms with Crippen LogP contribution in [0.4, 0.5) is 0 Å². The van der Waals surface area contributed by atoms with Crippen LogP contribution in [0, 0.1) is 0 Å². The zero-order chi connectivity index (χ0) is 48.1. The maximum absolute atomic E-state index is 12.5. The molecule has 378 valence electrons. The molecule has 0 spiro atoms. The second-order valence-electron chi connectivity index (χ2n) is 16.7. The highest BCUT2D eigenvalue weighted by molar-refractivity contribution is 5.73. The molecular weight excluding hydrogens is 896 g/mol. The van der Waals surface area contributed by atoms with Gasteiger partial charge in [0.25, 0.3) is 0 Å². The van der Waals surface area contributed by atoms with Crippen molar-refractivity contribution in [3.63, 3.8) is 0 Å².